The van der Waals surface area contributed by atoms with Crippen LogP contribution in [0.5, 0.6) is 11.5 Å². The highest BCUT2D eigenvalue weighted by Crippen LogP contribution is 2.43. The Morgan fingerprint density at radius 2 is 2.14 bits per heavy atom. The number of pyridine rings is 1. The number of aromatic nitrogens is 2. The number of hydrogen-bond donors (Lipinski definition) is 3. The molecule has 8 nitrogen and oxygen atoms in total. The van der Waals surface area contributed by atoms with Gasteiger partial charge in [-0.1, -0.05) is 6.07 Å². The first-order valence-electron chi connectivity index (χ1n) is 12.0. The van der Waals surface area contributed by atoms with Crippen molar-refractivity contribution >= 4 is 17.3 Å². The van der Waals surface area contributed by atoms with E-state index in [2.05, 4.69) is 32.5 Å². The van der Waals surface area contributed by atoms with E-state index in [1.807, 2.05) is 6.07 Å². The fourth-order valence-electron chi connectivity index (χ4n) is 4.91. The lowest BCUT2D eigenvalue weighted by Gasteiger charge is -2.28. The van der Waals surface area contributed by atoms with E-state index in [-0.39, 0.29) is 17.6 Å². The average Bonchev–Trinajstić information content (AvgIpc) is 3.23. The van der Waals surface area contributed by atoms with Crippen molar-refractivity contribution in [2.45, 2.75) is 25.2 Å². The van der Waals surface area contributed by atoms with Crippen molar-refractivity contribution in [2.24, 2.45) is 0 Å². The number of nitrogens with one attached hydrogen (secondary N) is 3. The van der Waals surface area contributed by atoms with Crippen molar-refractivity contribution in [1.82, 2.24) is 20.2 Å². The molecule has 0 radical (unpaired) electrons. The number of aromatic amines is 1. The highest BCUT2D eigenvalue weighted by atomic mass is 19.1. The number of rotatable bonds is 3. The topological polar surface area (TPSA) is 91.5 Å². The van der Waals surface area contributed by atoms with Crippen molar-refractivity contribution in [3.63, 3.8) is 0 Å². The Bertz CT molecular complexity index is 1230. The van der Waals surface area contributed by atoms with Crippen molar-refractivity contribution in [1.29, 1.82) is 0 Å². The van der Waals surface area contributed by atoms with Crippen LogP contribution < -0.4 is 20.1 Å². The van der Waals surface area contributed by atoms with Crippen molar-refractivity contribution in [3.8, 4) is 22.8 Å². The van der Waals surface area contributed by atoms with Crippen LogP contribution in [0.15, 0.2) is 36.7 Å². The first-order valence-corrected chi connectivity index (χ1v) is 12.0. The monoisotopic (exact) mass is 479 g/mol. The molecule has 1 aromatic carbocycles. The second-order valence-corrected chi connectivity index (χ2v) is 9.06. The van der Waals surface area contributed by atoms with Crippen molar-refractivity contribution < 1.29 is 18.7 Å². The number of halogens is 1. The molecule has 0 unspecified atom stereocenters. The molecule has 3 aromatic rings. The summed E-state index contributed by atoms with van der Waals surface area (Å²) in [6.45, 7) is 2.89. The molecule has 2 aliphatic heterocycles. The summed E-state index contributed by atoms with van der Waals surface area (Å²) in [7, 11) is 3.53. The van der Waals surface area contributed by atoms with E-state index in [9.17, 15) is 9.18 Å². The summed E-state index contributed by atoms with van der Waals surface area (Å²) in [6, 6.07) is 6.54. The third-order valence-electron chi connectivity index (χ3n) is 6.63. The standard InChI is InChI=1S/C26H30FN5O3/c1-32-11-4-3-5-12-35-20-14-28-10-9-17(20)23-24(30-19-8-6-7-18(27)25(19)34-2)21-22(31-23)16(15-32)13-29-26(21)33/h6-10,14,16,30-31H,3-5,11-13,15H2,1-2H3,(H,29,33)/t16-/m0/s1. The molecule has 9 heteroatoms. The summed E-state index contributed by atoms with van der Waals surface area (Å²) in [6.07, 6.45) is 6.48. The fourth-order valence-corrected chi connectivity index (χ4v) is 4.91. The van der Waals surface area contributed by atoms with Crippen molar-refractivity contribution in [2.75, 3.05) is 45.7 Å². The van der Waals surface area contributed by atoms with Gasteiger partial charge in [-0.05, 0) is 51.1 Å². The van der Waals surface area contributed by atoms with E-state index in [0.29, 0.717) is 41.5 Å². The van der Waals surface area contributed by atoms with Gasteiger partial charge in [0.15, 0.2) is 11.6 Å². The minimum absolute atomic E-state index is 0.0746. The molecule has 0 aliphatic carbocycles. The van der Waals surface area contributed by atoms with Crippen LogP contribution in [-0.4, -0.2) is 61.2 Å². The van der Waals surface area contributed by atoms with Gasteiger partial charge < -0.3 is 30.0 Å². The number of H-pyrrole nitrogens is 1. The van der Waals surface area contributed by atoms with Crippen molar-refractivity contribution in [3.05, 3.63) is 53.7 Å². The predicted octanol–water partition coefficient (Wildman–Crippen LogP) is 4.29. The van der Waals surface area contributed by atoms with Gasteiger partial charge in [-0.3, -0.25) is 9.78 Å². The van der Waals surface area contributed by atoms with Gasteiger partial charge >= 0.3 is 0 Å². The molecule has 2 aliphatic rings. The lowest BCUT2D eigenvalue weighted by atomic mass is 9.95. The molecule has 0 fully saturated rings. The van der Waals surface area contributed by atoms with Gasteiger partial charge in [0.2, 0.25) is 0 Å². The maximum atomic E-state index is 14.5. The molecular weight excluding hydrogens is 449 g/mol. The maximum Gasteiger partial charge on any atom is 0.255 e. The van der Waals surface area contributed by atoms with Crippen LogP contribution in [0.4, 0.5) is 15.8 Å². The van der Waals surface area contributed by atoms with Crippen LogP contribution in [0.2, 0.25) is 0 Å². The molecule has 0 saturated heterocycles. The third-order valence-corrected chi connectivity index (χ3v) is 6.63. The van der Waals surface area contributed by atoms with Crippen LogP contribution >= 0.6 is 0 Å². The van der Waals surface area contributed by atoms with E-state index >= 15 is 0 Å². The van der Waals surface area contributed by atoms with Gasteiger partial charge in [-0.2, -0.15) is 0 Å². The molecule has 0 saturated carbocycles. The van der Waals surface area contributed by atoms with Crippen LogP contribution in [-0.2, 0) is 0 Å². The lowest BCUT2D eigenvalue weighted by Crippen LogP contribution is -2.39. The summed E-state index contributed by atoms with van der Waals surface area (Å²) in [5.74, 6) is 0.119. The second-order valence-electron chi connectivity index (χ2n) is 9.06. The van der Waals surface area contributed by atoms with E-state index in [0.717, 1.165) is 43.6 Å². The highest BCUT2D eigenvalue weighted by Gasteiger charge is 2.34. The quantitative estimate of drug-likeness (QED) is 0.519. The Kier molecular flexibility index (Phi) is 6.59. The third kappa shape index (κ3) is 4.55. The van der Waals surface area contributed by atoms with E-state index in [1.54, 1.807) is 24.5 Å². The molecule has 0 spiro atoms. The van der Waals surface area contributed by atoms with Gasteiger partial charge in [0.05, 0.1) is 42.5 Å². The summed E-state index contributed by atoms with van der Waals surface area (Å²) >= 11 is 0. The van der Waals surface area contributed by atoms with Gasteiger partial charge in [0.25, 0.3) is 5.91 Å². The van der Waals surface area contributed by atoms with Gasteiger partial charge in [0, 0.05) is 36.5 Å². The Balaban J connectivity index is 1.70. The molecule has 1 amide bonds. The smallest absolute Gasteiger partial charge is 0.255 e. The van der Waals surface area contributed by atoms with Crippen LogP contribution in [0.3, 0.4) is 0 Å². The second kappa shape index (κ2) is 9.95. The Morgan fingerprint density at radius 3 is 3.00 bits per heavy atom. The number of carbonyl (C=O) groups excluding carboxylic acids is 1. The average molecular weight is 480 g/mol. The summed E-state index contributed by atoms with van der Waals surface area (Å²) in [5.41, 5.74) is 3.84. The zero-order valence-corrected chi connectivity index (χ0v) is 20.0. The zero-order chi connectivity index (χ0) is 24.4. The maximum absolute atomic E-state index is 14.5. The Hall–Kier alpha value is -3.59. The zero-order valence-electron chi connectivity index (χ0n) is 20.0. The molecule has 4 heterocycles. The summed E-state index contributed by atoms with van der Waals surface area (Å²) in [5, 5.41) is 6.35. The van der Waals surface area contributed by atoms with Crippen LogP contribution in [0.25, 0.3) is 11.3 Å². The first kappa shape index (κ1) is 23.2. The molecule has 184 valence electrons. The number of nitrogens with zero attached hydrogens (tertiary/aromatic N) is 2. The predicted molar refractivity (Wildman–Crippen MR) is 132 cm³/mol. The number of carbonyl (C=O) groups is 1. The van der Waals surface area contributed by atoms with E-state index in [4.69, 9.17) is 9.47 Å². The highest BCUT2D eigenvalue weighted by molar-refractivity contribution is 6.07. The number of methoxy groups -OCH3 is 1. The SMILES string of the molecule is COc1c(F)cccc1Nc1c2[nH]c3c1C(=O)NC[C@H]3CN(C)CCCCCOc1cnccc1-2. The molecular formula is C26H30FN5O3. The molecule has 35 heavy (non-hydrogen) atoms. The minimum Gasteiger partial charge on any atom is -0.492 e. The normalized spacial score (nSPS) is 18.6. The summed E-state index contributed by atoms with van der Waals surface area (Å²) in [4.78, 5) is 23.3. The van der Waals surface area contributed by atoms with Gasteiger partial charge in [-0.15, -0.1) is 0 Å². The Labute approximate surface area is 203 Å². The van der Waals surface area contributed by atoms with Crippen LogP contribution in [0.1, 0.15) is 41.2 Å². The van der Waals surface area contributed by atoms with E-state index in [1.165, 1.54) is 13.2 Å². The molecule has 3 N–H and O–H groups in total. The van der Waals surface area contributed by atoms with E-state index < -0.39 is 5.82 Å². The lowest BCUT2D eigenvalue weighted by molar-refractivity contribution is 0.0937. The number of fused-ring (bicyclic) bond motifs is 3. The fraction of sp³-hybridized carbons (Fsp3) is 0.385. The number of anilines is 2. The number of benzene rings is 1. The Morgan fingerprint density at radius 1 is 1.26 bits per heavy atom. The minimum atomic E-state index is -0.487. The molecule has 1 atom stereocenters. The first-order chi connectivity index (χ1) is 17.1. The van der Waals surface area contributed by atoms with Gasteiger partial charge in [0.1, 0.15) is 5.75 Å². The number of para-hydroxylation sites is 1. The largest absolute Gasteiger partial charge is 0.492 e. The number of likely N-dealkylation sites (N-methyl/N-ethyl adjacent to an activating group) is 1. The molecule has 2 aromatic heterocycles. The van der Waals surface area contributed by atoms with Crippen LogP contribution in [0, 0.1) is 5.82 Å². The molecule has 5 rings (SSSR count). The molecule has 2 bridgehead atoms. The number of hydrogen-bond acceptors (Lipinski definition) is 6. The number of ether oxygens (including phenoxy) is 2. The van der Waals surface area contributed by atoms with Gasteiger partial charge in [-0.25, -0.2) is 4.39 Å². The number of amides is 1. The summed E-state index contributed by atoms with van der Waals surface area (Å²) < 4.78 is 25.9.